The molecule has 0 fully saturated rings. The zero-order valence-electron chi connectivity index (χ0n) is 17.7. The molecule has 0 bridgehead atoms. The second-order valence-corrected chi connectivity index (χ2v) is 8.16. The third-order valence-electron chi connectivity index (χ3n) is 5.78. The lowest BCUT2D eigenvalue weighted by Crippen LogP contribution is -2.30. The summed E-state index contributed by atoms with van der Waals surface area (Å²) in [6, 6.07) is 16.0. The van der Waals surface area contributed by atoms with Crippen molar-refractivity contribution in [1.29, 1.82) is 0 Å². The highest BCUT2D eigenvalue weighted by molar-refractivity contribution is 5.71. The van der Waals surface area contributed by atoms with Gasteiger partial charge in [0.25, 0.3) is 0 Å². The Labute approximate surface area is 180 Å². The fourth-order valence-electron chi connectivity index (χ4n) is 4.05. The van der Waals surface area contributed by atoms with Crippen LogP contribution in [0.4, 0.5) is 24.7 Å². The zero-order chi connectivity index (χ0) is 22.0. The normalized spacial score (nSPS) is 14.8. The highest BCUT2D eigenvalue weighted by atomic mass is 19.4. The predicted molar refractivity (Wildman–Crippen MR) is 118 cm³/mol. The van der Waals surface area contributed by atoms with Gasteiger partial charge in [0.2, 0.25) is 0 Å². The number of benzene rings is 2. The van der Waals surface area contributed by atoms with Gasteiger partial charge in [0, 0.05) is 19.3 Å². The fourth-order valence-corrected chi connectivity index (χ4v) is 4.05. The van der Waals surface area contributed by atoms with E-state index in [0.29, 0.717) is 6.54 Å². The van der Waals surface area contributed by atoms with Gasteiger partial charge in [0.15, 0.2) is 0 Å². The summed E-state index contributed by atoms with van der Waals surface area (Å²) in [6.45, 7) is 5.56. The van der Waals surface area contributed by atoms with Crippen molar-refractivity contribution in [3.05, 3.63) is 88.6 Å². The van der Waals surface area contributed by atoms with Crippen LogP contribution in [-0.4, -0.2) is 11.5 Å². The number of alkyl halides is 3. The number of nitrogens with one attached hydrogen (secondary N) is 1. The van der Waals surface area contributed by atoms with Crippen LogP contribution in [0.25, 0.3) is 0 Å². The quantitative estimate of drug-likeness (QED) is 0.503. The minimum absolute atomic E-state index is 0.0782. The molecule has 3 aromatic rings. The van der Waals surface area contributed by atoms with E-state index < -0.39 is 11.7 Å². The molecule has 162 valence electrons. The van der Waals surface area contributed by atoms with Crippen LogP contribution in [0.2, 0.25) is 0 Å². The van der Waals surface area contributed by atoms with Crippen molar-refractivity contribution in [1.82, 2.24) is 4.98 Å². The van der Waals surface area contributed by atoms with Crippen molar-refractivity contribution < 1.29 is 13.2 Å². The molecule has 1 aromatic heterocycles. The van der Waals surface area contributed by atoms with E-state index in [2.05, 4.69) is 53.3 Å². The molecule has 0 saturated carbocycles. The van der Waals surface area contributed by atoms with Gasteiger partial charge in [-0.05, 0) is 61.6 Å². The smallest absolute Gasteiger partial charge is 0.364 e. The Morgan fingerprint density at radius 2 is 1.74 bits per heavy atom. The maximum Gasteiger partial charge on any atom is 0.416 e. The first-order chi connectivity index (χ1) is 14.8. The second-order valence-electron chi connectivity index (χ2n) is 8.16. The molecule has 0 radical (unpaired) electrons. The molecule has 6 heteroatoms. The molecule has 4 rings (SSSR count). The molecule has 3 nitrogen and oxygen atoms in total. The van der Waals surface area contributed by atoms with Crippen LogP contribution >= 0.6 is 0 Å². The van der Waals surface area contributed by atoms with Crippen LogP contribution in [-0.2, 0) is 19.1 Å². The lowest BCUT2D eigenvalue weighted by Gasteiger charge is -2.33. The van der Waals surface area contributed by atoms with Crippen molar-refractivity contribution in [2.45, 2.75) is 45.5 Å². The van der Waals surface area contributed by atoms with E-state index in [1.807, 2.05) is 12.3 Å². The minimum atomic E-state index is -4.32. The summed E-state index contributed by atoms with van der Waals surface area (Å²) in [5, 5.41) is 3.55. The van der Waals surface area contributed by atoms with Gasteiger partial charge in [-0.1, -0.05) is 42.0 Å². The van der Waals surface area contributed by atoms with Crippen molar-refractivity contribution in [3.63, 3.8) is 0 Å². The number of nitrogens with zero attached hydrogens (tertiary/aromatic N) is 2. The highest BCUT2D eigenvalue weighted by Gasteiger charge is 2.30. The standard InChI is InChI=1S/C25H26F3N3/c1-17-5-9-20(10-6-17)18(2)30-24-23-21(13-14-29-24)4-3-15-31(23)16-19-7-11-22(12-8-19)25(26,27)28/h5-14,18H,3-4,15-16H2,1-2H3,(H,29,30). The Hall–Kier alpha value is -3.02. The van der Waals surface area contributed by atoms with Gasteiger partial charge in [0.05, 0.1) is 17.3 Å². The molecule has 2 heterocycles. The molecule has 0 saturated heterocycles. The maximum atomic E-state index is 12.9. The number of pyridine rings is 1. The Bertz CT molecular complexity index is 1030. The molecule has 0 spiro atoms. The molecule has 1 unspecified atom stereocenters. The Morgan fingerprint density at radius 1 is 1.03 bits per heavy atom. The van der Waals surface area contributed by atoms with Gasteiger partial charge in [-0.3, -0.25) is 0 Å². The summed E-state index contributed by atoms with van der Waals surface area (Å²) in [6.07, 6.45) is -0.520. The maximum absolute atomic E-state index is 12.9. The number of hydrogen-bond acceptors (Lipinski definition) is 3. The second kappa shape index (κ2) is 8.61. The zero-order valence-corrected chi connectivity index (χ0v) is 17.7. The summed E-state index contributed by atoms with van der Waals surface area (Å²) < 4.78 is 38.7. The number of fused-ring (bicyclic) bond motifs is 1. The van der Waals surface area contributed by atoms with Crippen molar-refractivity contribution in [2.75, 3.05) is 16.8 Å². The van der Waals surface area contributed by atoms with Crippen LogP contribution in [0.15, 0.2) is 60.8 Å². The van der Waals surface area contributed by atoms with E-state index in [4.69, 9.17) is 0 Å². The molecule has 1 aliphatic heterocycles. The van der Waals surface area contributed by atoms with Gasteiger partial charge in [-0.15, -0.1) is 0 Å². The average Bonchev–Trinajstić information content (AvgIpc) is 2.74. The molecular formula is C25H26F3N3. The lowest BCUT2D eigenvalue weighted by molar-refractivity contribution is -0.137. The molecule has 0 amide bonds. The summed E-state index contributed by atoms with van der Waals surface area (Å²) in [4.78, 5) is 6.83. The highest BCUT2D eigenvalue weighted by Crippen LogP contribution is 2.36. The van der Waals surface area contributed by atoms with Gasteiger partial charge in [0.1, 0.15) is 5.82 Å². The Morgan fingerprint density at radius 3 is 2.42 bits per heavy atom. The summed E-state index contributed by atoms with van der Waals surface area (Å²) in [7, 11) is 0. The van der Waals surface area contributed by atoms with Gasteiger partial charge in [-0.25, -0.2) is 4.98 Å². The topological polar surface area (TPSA) is 28.2 Å². The third-order valence-corrected chi connectivity index (χ3v) is 5.78. The molecule has 1 aliphatic rings. The van der Waals surface area contributed by atoms with E-state index in [9.17, 15) is 13.2 Å². The summed E-state index contributed by atoms with van der Waals surface area (Å²) >= 11 is 0. The number of rotatable bonds is 5. The van der Waals surface area contributed by atoms with Crippen molar-refractivity contribution in [2.24, 2.45) is 0 Å². The lowest BCUT2D eigenvalue weighted by atomic mass is 10.0. The van der Waals surface area contributed by atoms with E-state index in [0.717, 1.165) is 48.6 Å². The molecule has 31 heavy (non-hydrogen) atoms. The van der Waals surface area contributed by atoms with Crippen LogP contribution in [0, 0.1) is 6.92 Å². The molecule has 2 aromatic carbocycles. The van der Waals surface area contributed by atoms with Crippen LogP contribution in [0.5, 0.6) is 0 Å². The fraction of sp³-hybridized carbons (Fsp3) is 0.320. The van der Waals surface area contributed by atoms with Crippen LogP contribution < -0.4 is 10.2 Å². The largest absolute Gasteiger partial charge is 0.416 e. The van der Waals surface area contributed by atoms with Gasteiger partial charge < -0.3 is 10.2 Å². The van der Waals surface area contributed by atoms with E-state index in [1.165, 1.54) is 16.7 Å². The van der Waals surface area contributed by atoms with Crippen molar-refractivity contribution in [3.8, 4) is 0 Å². The van der Waals surface area contributed by atoms with Crippen LogP contribution in [0.1, 0.15) is 47.2 Å². The molecule has 1 atom stereocenters. The number of hydrogen-bond donors (Lipinski definition) is 1. The molecule has 1 N–H and O–H groups in total. The monoisotopic (exact) mass is 425 g/mol. The average molecular weight is 425 g/mol. The Balaban J connectivity index is 1.58. The third kappa shape index (κ3) is 4.84. The van der Waals surface area contributed by atoms with E-state index >= 15 is 0 Å². The first kappa shape index (κ1) is 21.2. The molecule has 0 aliphatic carbocycles. The molecular weight excluding hydrogens is 399 g/mol. The van der Waals surface area contributed by atoms with Crippen molar-refractivity contribution >= 4 is 11.5 Å². The Kier molecular flexibility index (Phi) is 5.90. The first-order valence-electron chi connectivity index (χ1n) is 10.5. The number of aromatic nitrogens is 1. The minimum Gasteiger partial charge on any atom is -0.364 e. The van der Waals surface area contributed by atoms with Gasteiger partial charge in [-0.2, -0.15) is 13.2 Å². The number of anilines is 2. The van der Waals surface area contributed by atoms with E-state index in [-0.39, 0.29) is 6.04 Å². The first-order valence-corrected chi connectivity index (χ1v) is 10.5. The van der Waals surface area contributed by atoms with Gasteiger partial charge >= 0.3 is 6.18 Å². The predicted octanol–water partition coefficient (Wildman–Crippen LogP) is 6.53. The van der Waals surface area contributed by atoms with E-state index in [1.54, 1.807) is 12.1 Å². The van der Waals surface area contributed by atoms with Crippen LogP contribution in [0.3, 0.4) is 0 Å². The number of halogens is 3. The summed E-state index contributed by atoms with van der Waals surface area (Å²) in [5.74, 6) is 0.817. The SMILES string of the molecule is Cc1ccc(C(C)Nc2nccc3c2N(Cc2ccc(C(F)(F)F)cc2)CCC3)cc1. The number of aryl methyl sites for hydroxylation is 2. The summed E-state index contributed by atoms with van der Waals surface area (Å²) in [5.41, 5.74) is 4.89.